The van der Waals surface area contributed by atoms with Gasteiger partial charge in [0.05, 0.1) is 22.6 Å². The minimum atomic E-state index is -0.350. The largest absolute Gasteiger partial charge is 0.356 e. The molecule has 2 N–H and O–H groups in total. The average molecular weight is 644 g/mol. The molecule has 0 spiro atoms. The topological polar surface area (TPSA) is 97.9 Å². The molecule has 43 heavy (non-hydrogen) atoms. The van der Waals surface area contributed by atoms with E-state index < -0.39 is 0 Å². The number of aryl methyl sites for hydroxylation is 2. The fraction of sp³-hybridized carbons (Fsp3) is 0.419. The van der Waals surface area contributed by atoms with Gasteiger partial charge in [-0.05, 0) is 56.5 Å². The van der Waals surface area contributed by atoms with Gasteiger partial charge in [-0.1, -0.05) is 46.5 Å². The third kappa shape index (κ3) is 7.67. The number of anilines is 2. The fourth-order valence-electron chi connectivity index (χ4n) is 5.82. The van der Waals surface area contributed by atoms with Gasteiger partial charge >= 0.3 is 0 Å². The van der Waals surface area contributed by atoms with E-state index in [1.54, 1.807) is 12.1 Å². The lowest BCUT2D eigenvalue weighted by Crippen LogP contribution is -2.54. The van der Waals surface area contributed by atoms with Gasteiger partial charge in [-0.15, -0.1) is 11.3 Å². The van der Waals surface area contributed by atoms with Crippen molar-refractivity contribution in [2.45, 2.75) is 45.7 Å². The Balaban J connectivity index is 1.22. The van der Waals surface area contributed by atoms with Crippen LogP contribution in [0.2, 0.25) is 10.0 Å². The van der Waals surface area contributed by atoms with E-state index in [-0.39, 0.29) is 36.3 Å². The summed E-state index contributed by atoms with van der Waals surface area (Å²) in [5.74, 6) is 0.667. The van der Waals surface area contributed by atoms with Crippen LogP contribution < -0.4 is 15.5 Å². The molecule has 2 aliphatic rings. The molecule has 2 fully saturated rings. The van der Waals surface area contributed by atoms with Crippen LogP contribution in [0.15, 0.2) is 41.8 Å². The minimum Gasteiger partial charge on any atom is -0.356 e. The first-order valence-electron chi connectivity index (χ1n) is 14.4. The highest BCUT2D eigenvalue weighted by Gasteiger charge is 2.34. The van der Waals surface area contributed by atoms with E-state index >= 15 is 0 Å². The molecule has 0 aliphatic carbocycles. The van der Waals surface area contributed by atoms with E-state index in [2.05, 4.69) is 20.5 Å². The normalized spacial score (nSPS) is 17.7. The summed E-state index contributed by atoms with van der Waals surface area (Å²) in [4.78, 5) is 48.9. The Morgan fingerprint density at radius 2 is 1.70 bits per heavy atom. The van der Waals surface area contributed by atoms with E-state index in [9.17, 15) is 14.4 Å². The Morgan fingerprint density at radius 1 is 0.977 bits per heavy atom. The number of rotatable bonds is 7. The maximum atomic E-state index is 13.6. The molecule has 12 heteroatoms. The monoisotopic (exact) mass is 642 g/mol. The molecule has 1 atom stereocenters. The minimum absolute atomic E-state index is 0.0172. The van der Waals surface area contributed by atoms with Crippen molar-refractivity contribution in [1.29, 1.82) is 0 Å². The molecule has 228 valence electrons. The second kappa shape index (κ2) is 13.6. The number of nitrogens with one attached hydrogen (secondary N) is 2. The highest BCUT2D eigenvalue weighted by atomic mass is 35.5. The zero-order valence-corrected chi connectivity index (χ0v) is 26.9. The van der Waals surface area contributed by atoms with Crippen LogP contribution in [0.25, 0.3) is 0 Å². The Morgan fingerprint density at radius 3 is 2.37 bits per heavy atom. The van der Waals surface area contributed by atoms with Gasteiger partial charge in [0.2, 0.25) is 11.8 Å². The number of nitrogens with zero attached hydrogens (tertiary/aromatic N) is 4. The number of carbonyl (C=O) groups excluding carboxylic acids is 3. The maximum Gasteiger partial charge on any atom is 0.254 e. The first-order valence-corrected chi connectivity index (χ1v) is 16.0. The molecule has 2 aliphatic heterocycles. The number of piperazine rings is 1. The second-order valence-corrected chi connectivity index (χ2v) is 12.9. The van der Waals surface area contributed by atoms with Gasteiger partial charge in [0.1, 0.15) is 5.82 Å². The summed E-state index contributed by atoms with van der Waals surface area (Å²) < 4.78 is 0. The number of hydrogen-bond donors (Lipinski definition) is 2. The van der Waals surface area contributed by atoms with Gasteiger partial charge in [0, 0.05) is 56.6 Å². The van der Waals surface area contributed by atoms with E-state index in [0.29, 0.717) is 40.4 Å². The van der Waals surface area contributed by atoms with Crippen molar-refractivity contribution in [2.24, 2.45) is 0 Å². The quantitative estimate of drug-likeness (QED) is 0.363. The number of benzene rings is 2. The molecule has 5 rings (SSSR count). The Kier molecular flexibility index (Phi) is 9.91. The Bertz CT molecular complexity index is 1490. The van der Waals surface area contributed by atoms with Crippen LogP contribution >= 0.6 is 34.5 Å². The van der Waals surface area contributed by atoms with Crippen LogP contribution in [0.3, 0.4) is 0 Å². The summed E-state index contributed by atoms with van der Waals surface area (Å²) in [6, 6.07) is 11.1. The van der Waals surface area contributed by atoms with Crippen LogP contribution in [0, 0.1) is 13.8 Å². The zero-order chi connectivity index (χ0) is 30.7. The van der Waals surface area contributed by atoms with Crippen molar-refractivity contribution < 1.29 is 14.4 Å². The number of hydrogen-bond acceptors (Lipinski definition) is 7. The molecule has 9 nitrogen and oxygen atoms in total. The van der Waals surface area contributed by atoms with Gasteiger partial charge in [0.15, 0.2) is 5.13 Å². The number of thiazole rings is 1. The van der Waals surface area contributed by atoms with Crippen molar-refractivity contribution >= 4 is 63.2 Å². The van der Waals surface area contributed by atoms with Crippen molar-refractivity contribution in [3.63, 3.8) is 0 Å². The summed E-state index contributed by atoms with van der Waals surface area (Å²) in [7, 11) is 0. The predicted octanol–water partition coefficient (Wildman–Crippen LogP) is 5.31. The van der Waals surface area contributed by atoms with E-state index in [0.717, 1.165) is 48.4 Å². The molecule has 0 bridgehead atoms. The summed E-state index contributed by atoms with van der Waals surface area (Å²) in [5.41, 5.74) is 3.57. The van der Waals surface area contributed by atoms with Crippen LogP contribution in [0.1, 0.15) is 52.9 Å². The number of piperidine rings is 1. The fourth-order valence-corrected chi connectivity index (χ4v) is 6.89. The Hall–Kier alpha value is -3.18. The first kappa shape index (κ1) is 31.3. The molecule has 3 heterocycles. The van der Waals surface area contributed by atoms with Crippen molar-refractivity contribution in [1.82, 2.24) is 20.1 Å². The van der Waals surface area contributed by atoms with Gasteiger partial charge in [-0.25, -0.2) is 4.98 Å². The van der Waals surface area contributed by atoms with E-state index in [4.69, 9.17) is 23.2 Å². The van der Waals surface area contributed by atoms with Gasteiger partial charge < -0.3 is 25.3 Å². The standard InChI is InChI=1S/C31H36Cl2N6O3S/c1-19-12-20(2)14-23(13-19)30(42)38-10-11-39(27(17-38)22-4-5-25(32)26(33)15-22)29(41)16-34-24-6-8-37(9-7-24)28-18-43-31(36-28)35-21(3)40/h4-5,12-15,18,24,27,34H,6-11,16-17H2,1-3H3,(H,35,36,40)/t27-/m0/s1. The lowest BCUT2D eigenvalue weighted by Gasteiger charge is -2.42. The van der Waals surface area contributed by atoms with Gasteiger partial charge in [-0.2, -0.15) is 0 Å². The summed E-state index contributed by atoms with van der Waals surface area (Å²) in [6.45, 7) is 8.48. The molecule has 2 saturated heterocycles. The first-order chi connectivity index (χ1) is 20.6. The number of carbonyl (C=O) groups is 3. The van der Waals surface area contributed by atoms with Crippen LogP contribution in [-0.4, -0.2) is 77.8 Å². The smallest absolute Gasteiger partial charge is 0.254 e. The summed E-state index contributed by atoms with van der Waals surface area (Å²) in [6.07, 6.45) is 1.74. The van der Waals surface area contributed by atoms with Crippen molar-refractivity contribution in [3.05, 3.63) is 74.1 Å². The number of halogens is 2. The third-order valence-electron chi connectivity index (χ3n) is 7.92. The van der Waals surface area contributed by atoms with Crippen molar-refractivity contribution in [2.75, 3.05) is 49.5 Å². The lowest BCUT2D eigenvalue weighted by molar-refractivity contribution is -0.135. The van der Waals surface area contributed by atoms with Gasteiger partial charge in [-0.3, -0.25) is 14.4 Å². The van der Waals surface area contributed by atoms with Gasteiger partial charge in [0.25, 0.3) is 5.91 Å². The SMILES string of the molecule is CC(=O)Nc1nc(N2CCC(NCC(=O)N3CCN(C(=O)c4cc(C)cc(C)c4)C[C@H]3c3ccc(Cl)c(Cl)c3)CC2)cs1. The third-order valence-corrected chi connectivity index (χ3v) is 9.41. The number of amides is 3. The summed E-state index contributed by atoms with van der Waals surface area (Å²) >= 11 is 14.0. The van der Waals surface area contributed by atoms with E-state index in [1.807, 2.05) is 53.3 Å². The molecule has 0 saturated carbocycles. The van der Waals surface area contributed by atoms with Crippen LogP contribution in [0.4, 0.5) is 10.9 Å². The lowest BCUT2D eigenvalue weighted by atomic mass is 10.00. The van der Waals surface area contributed by atoms with Crippen LogP contribution in [-0.2, 0) is 9.59 Å². The molecule has 1 aromatic heterocycles. The molecular weight excluding hydrogens is 607 g/mol. The molecule has 0 unspecified atom stereocenters. The van der Waals surface area contributed by atoms with E-state index in [1.165, 1.54) is 18.3 Å². The summed E-state index contributed by atoms with van der Waals surface area (Å²) in [5, 5.41) is 9.61. The highest BCUT2D eigenvalue weighted by Crippen LogP contribution is 2.32. The highest BCUT2D eigenvalue weighted by molar-refractivity contribution is 7.14. The molecule has 3 amide bonds. The Labute approximate surface area is 266 Å². The molecule has 2 aromatic carbocycles. The second-order valence-electron chi connectivity index (χ2n) is 11.2. The average Bonchev–Trinajstić information content (AvgIpc) is 3.44. The van der Waals surface area contributed by atoms with Crippen LogP contribution in [0.5, 0.6) is 0 Å². The maximum absolute atomic E-state index is 13.6. The predicted molar refractivity (Wildman–Crippen MR) is 172 cm³/mol. The van der Waals surface area contributed by atoms with Crippen molar-refractivity contribution in [3.8, 4) is 0 Å². The molecule has 3 aromatic rings. The number of aromatic nitrogens is 1. The zero-order valence-electron chi connectivity index (χ0n) is 24.5. The molecule has 0 radical (unpaired) electrons. The molecular formula is C31H36Cl2N6O3S.